The minimum Gasteiger partial charge on any atom is -0.324 e. The average Bonchev–Trinajstić information content (AvgIpc) is 2.80. The Balaban J connectivity index is 2.75. The third-order valence-electron chi connectivity index (χ3n) is 3.56. The molecule has 2 heterocycles. The molecule has 0 radical (unpaired) electrons. The Morgan fingerprint density at radius 3 is 2.20 bits per heavy atom. The Morgan fingerprint density at radius 1 is 1.00 bits per heavy atom. The number of nitrogens with zero attached hydrogens (tertiary/aromatic N) is 3. The van der Waals surface area contributed by atoms with Gasteiger partial charge in [0.05, 0.1) is 11.0 Å². The summed E-state index contributed by atoms with van der Waals surface area (Å²) in [4.78, 5) is 24.7. The first-order valence-electron chi connectivity index (χ1n) is 6.54. The molecule has 0 saturated heterocycles. The second-order valence-electron chi connectivity index (χ2n) is 4.54. The summed E-state index contributed by atoms with van der Waals surface area (Å²) in [6.07, 6.45) is 0. The van der Waals surface area contributed by atoms with Crippen molar-refractivity contribution in [2.24, 2.45) is 0 Å². The first-order valence-corrected chi connectivity index (χ1v) is 6.91. The molecule has 6 heteroatoms. The molecule has 0 spiro atoms. The maximum absolute atomic E-state index is 12.5. The van der Waals surface area contributed by atoms with E-state index in [0.717, 1.165) is 15.6 Å². The van der Waals surface area contributed by atoms with Gasteiger partial charge in [-0.3, -0.25) is 9.36 Å². The molecule has 0 atom stereocenters. The molecule has 0 N–H and O–H groups in total. The van der Waals surface area contributed by atoms with Crippen molar-refractivity contribution < 1.29 is 0 Å². The standard InChI is InChI=1S/C14H14ClN3O2/c1-3-16-9-7-5-6-8-10(9)18-12(16)11(15)13(19)17(4-2)14(18)20/h5-8H,3-4H2,1-2H3. The summed E-state index contributed by atoms with van der Waals surface area (Å²) < 4.78 is 4.56. The van der Waals surface area contributed by atoms with Crippen LogP contribution in [0.5, 0.6) is 0 Å². The van der Waals surface area contributed by atoms with Crippen molar-refractivity contribution in [3.63, 3.8) is 0 Å². The van der Waals surface area contributed by atoms with Gasteiger partial charge in [0.2, 0.25) is 0 Å². The molecule has 0 unspecified atom stereocenters. The number of aromatic nitrogens is 3. The summed E-state index contributed by atoms with van der Waals surface area (Å²) in [5.74, 6) is 0. The molecule has 3 aromatic rings. The van der Waals surface area contributed by atoms with Gasteiger partial charge in [-0.15, -0.1) is 0 Å². The second-order valence-corrected chi connectivity index (χ2v) is 4.92. The number of halogens is 1. The zero-order chi connectivity index (χ0) is 14.4. The van der Waals surface area contributed by atoms with Gasteiger partial charge in [0.15, 0.2) is 0 Å². The lowest BCUT2D eigenvalue weighted by molar-refractivity contribution is 0.662. The monoisotopic (exact) mass is 291 g/mol. The maximum Gasteiger partial charge on any atom is 0.337 e. The summed E-state index contributed by atoms with van der Waals surface area (Å²) in [6, 6.07) is 7.54. The van der Waals surface area contributed by atoms with Gasteiger partial charge in [-0.2, -0.15) is 0 Å². The van der Waals surface area contributed by atoms with Gasteiger partial charge in [0.1, 0.15) is 10.7 Å². The molecular formula is C14H14ClN3O2. The van der Waals surface area contributed by atoms with Crippen LogP contribution in [0.1, 0.15) is 13.8 Å². The van der Waals surface area contributed by atoms with Crippen LogP contribution in [-0.2, 0) is 13.1 Å². The zero-order valence-corrected chi connectivity index (χ0v) is 12.0. The lowest BCUT2D eigenvalue weighted by Crippen LogP contribution is -2.37. The van der Waals surface area contributed by atoms with Crippen molar-refractivity contribution in [1.82, 2.24) is 13.5 Å². The van der Waals surface area contributed by atoms with Crippen LogP contribution >= 0.6 is 11.6 Å². The Morgan fingerprint density at radius 2 is 1.60 bits per heavy atom. The quantitative estimate of drug-likeness (QED) is 0.726. The molecule has 2 aromatic heterocycles. The topological polar surface area (TPSA) is 48.4 Å². The van der Waals surface area contributed by atoms with Crippen LogP contribution in [0.4, 0.5) is 0 Å². The molecule has 0 fully saturated rings. The Kier molecular flexibility index (Phi) is 2.94. The van der Waals surface area contributed by atoms with E-state index in [1.807, 2.05) is 35.8 Å². The summed E-state index contributed by atoms with van der Waals surface area (Å²) in [5, 5.41) is 0.0875. The highest BCUT2D eigenvalue weighted by Gasteiger charge is 2.18. The number of benzene rings is 1. The highest BCUT2D eigenvalue weighted by atomic mass is 35.5. The van der Waals surface area contributed by atoms with Crippen LogP contribution in [0.15, 0.2) is 33.9 Å². The predicted molar refractivity (Wildman–Crippen MR) is 79.8 cm³/mol. The smallest absolute Gasteiger partial charge is 0.324 e. The van der Waals surface area contributed by atoms with Crippen LogP contribution in [0.25, 0.3) is 16.7 Å². The summed E-state index contributed by atoms with van der Waals surface area (Å²) >= 11 is 6.22. The number of hydrogen-bond donors (Lipinski definition) is 0. The van der Waals surface area contributed by atoms with Crippen molar-refractivity contribution in [3.8, 4) is 0 Å². The van der Waals surface area contributed by atoms with Gasteiger partial charge in [-0.25, -0.2) is 9.20 Å². The summed E-state index contributed by atoms with van der Waals surface area (Å²) in [7, 11) is 0. The molecule has 0 aliphatic rings. The van der Waals surface area contributed by atoms with E-state index in [0.29, 0.717) is 18.7 Å². The highest BCUT2D eigenvalue weighted by Crippen LogP contribution is 2.22. The molecule has 0 bridgehead atoms. The van der Waals surface area contributed by atoms with Gasteiger partial charge in [0, 0.05) is 13.1 Å². The number of fused-ring (bicyclic) bond motifs is 3. The predicted octanol–water partition coefficient (Wildman–Crippen LogP) is 2.11. The molecule has 104 valence electrons. The van der Waals surface area contributed by atoms with Crippen molar-refractivity contribution in [3.05, 3.63) is 50.1 Å². The highest BCUT2D eigenvalue weighted by molar-refractivity contribution is 6.33. The van der Waals surface area contributed by atoms with E-state index >= 15 is 0 Å². The largest absolute Gasteiger partial charge is 0.337 e. The van der Waals surface area contributed by atoms with E-state index in [1.54, 1.807) is 6.92 Å². The third-order valence-corrected chi connectivity index (χ3v) is 3.90. The molecule has 0 amide bonds. The number of aryl methyl sites for hydroxylation is 1. The van der Waals surface area contributed by atoms with Crippen LogP contribution in [-0.4, -0.2) is 13.5 Å². The maximum atomic E-state index is 12.5. The second kappa shape index (κ2) is 4.52. The number of imidazole rings is 1. The lowest BCUT2D eigenvalue weighted by atomic mass is 10.3. The first-order chi connectivity index (χ1) is 9.61. The van der Waals surface area contributed by atoms with Crippen LogP contribution in [0.3, 0.4) is 0 Å². The molecule has 1 aromatic carbocycles. The molecule has 5 nitrogen and oxygen atoms in total. The van der Waals surface area contributed by atoms with E-state index in [1.165, 1.54) is 4.40 Å². The van der Waals surface area contributed by atoms with Crippen molar-refractivity contribution in [2.75, 3.05) is 0 Å². The average molecular weight is 292 g/mol. The van der Waals surface area contributed by atoms with Crippen molar-refractivity contribution >= 4 is 28.3 Å². The number of para-hydroxylation sites is 2. The van der Waals surface area contributed by atoms with Gasteiger partial charge in [-0.05, 0) is 26.0 Å². The van der Waals surface area contributed by atoms with E-state index in [9.17, 15) is 9.59 Å². The molecule has 0 saturated carbocycles. The van der Waals surface area contributed by atoms with Crippen molar-refractivity contribution in [2.45, 2.75) is 26.9 Å². The Hall–Kier alpha value is -2.01. The summed E-state index contributed by atoms with van der Waals surface area (Å²) in [6.45, 7) is 4.64. The van der Waals surface area contributed by atoms with Gasteiger partial charge >= 0.3 is 5.69 Å². The van der Waals surface area contributed by atoms with E-state index in [-0.39, 0.29) is 10.7 Å². The van der Waals surface area contributed by atoms with Crippen molar-refractivity contribution in [1.29, 1.82) is 0 Å². The molecule has 20 heavy (non-hydrogen) atoms. The third kappa shape index (κ3) is 1.50. The molecular weight excluding hydrogens is 278 g/mol. The number of hydrogen-bond acceptors (Lipinski definition) is 2. The van der Waals surface area contributed by atoms with E-state index in [2.05, 4.69) is 0 Å². The SMILES string of the molecule is CCn1c(=O)c(Cl)c2n(CC)c3ccccc3n2c1=O. The summed E-state index contributed by atoms with van der Waals surface area (Å²) in [5.41, 5.74) is 1.34. The number of rotatable bonds is 2. The molecule has 3 rings (SSSR count). The van der Waals surface area contributed by atoms with Crippen LogP contribution in [0, 0.1) is 0 Å². The van der Waals surface area contributed by atoms with E-state index < -0.39 is 5.56 Å². The minimum absolute atomic E-state index is 0.0875. The van der Waals surface area contributed by atoms with Gasteiger partial charge in [-0.1, -0.05) is 23.7 Å². The van der Waals surface area contributed by atoms with Gasteiger partial charge in [0.25, 0.3) is 5.56 Å². The fourth-order valence-corrected chi connectivity index (χ4v) is 2.95. The zero-order valence-electron chi connectivity index (χ0n) is 11.3. The van der Waals surface area contributed by atoms with Crippen LogP contribution < -0.4 is 11.2 Å². The van der Waals surface area contributed by atoms with E-state index in [4.69, 9.17) is 11.6 Å². The fraction of sp³-hybridized carbons (Fsp3) is 0.286. The molecule has 0 aliphatic carbocycles. The Bertz CT molecular complexity index is 933. The normalized spacial score (nSPS) is 11.6. The Labute approximate surface area is 119 Å². The lowest BCUT2D eigenvalue weighted by Gasteiger charge is -2.06. The minimum atomic E-state index is -0.434. The van der Waals surface area contributed by atoms with Crippen LogP contribution in [0.2, 0.25) is 5.02 Å². The fourth-order valence-electron chi connectivity index (χ4n) is 2.66. The first kappa shape index (κ1) is 13.0. The van der Waals surface area contributed by atoms with Gasteiger partial charge < -0.3 is 4.57 Å². The molecule has 0 aliphatic heterocycles.